The van der Waals surface area contributed by atoms with Gasteiger partial charge in [0, 0.05) is 25.0 Å². The number of anilines is 3. The fraction of sp³-hybridized carbons (Fsp3) is 0.412. The third kappa shape index (κ3) is 3.36. The normalized spacial score (nSPS) is 13.5. The third-order valence-electron chi connectivity index (χ3n) is 3.87. The van der Waals surface area contributed by atoms with E-state index in [1.165, 1.54) is 11.3 Å². The Hall–Kier alpha value is -2.14. The molecule has 0 bridgehead atoms. The quantitative estimate of drug-likeness (QED) is 0.830. The Balaban J connectivity index is 1.67. The molecule has 5 heteroatoms. The van der Waals surface area contributed by atoms with Crippen LogP contribution >= 0.6 is 0 Å². The fourth-order valence-corrected chi connectivity index (χ4v) is 2.76. The van der Waals surface area contributed by atoms with Crippen LogP contribution in [0.4, 0.5) is 17.5 Å². The van der Waals surface area contributed by atoms with Gasteiger partial charge in [-0.1, -0.05) is 18.2 Å². The Labute approximate surface area is 132 Å². The molecule has 1 aromatic carbocycles. The van der Waals surface area contributed by atoms with Crippen molar-refractivity contribution in [3.63, 3.8) is 0 Å². The van der Waals surface area contributed by atoms with Crippen molar-refractivity contribution in [1.29, 1.82) is 0 Å². The summed E-state index contributed by atoms with van der Waals surface area (Å²) in [6.45, 7) is 2.93. The molecule has 0 saturated heterocycles. The second-order valence-corrected chi connectivity index (χ2v) is 5.85. The van der Waals surface area contributed by atoms with Gasteiger partial charge in [0.25, 0.3) is 0 Å². The number of fused-ring (bicyclic) bond motifs is 1. The zero-order valence-electron chi connectivity index (χ0n) is 13.3. The summed E-state index contributed by atoms with van der Waals surface area (Å²) < 4.78 is 0. The molecule has 0 fully saturated rings. The molecule has 2 heterocycles. The van der Waals surface area contributed by atoms with Gasteiger partial charge in [0.1, 0.15) is 5.82 Å². The highest BCUT2D eigenvalue weighted by atomic mass is 15.2. The first-order chi connectivity index (χ1) is 10.7. The molecule has 5 nitrogen and oxygen atoms in total. The van der Waals surface area contributed by atoms with Crippen molar-refractivity contribution in [2.45, 2.75) is 12.8 Å². The first-order valence-electron chi connectivity index (χ1n) is 7.81. The van der Waals surface area contributed by atoms with Crippen LogP contribution in [0.15, 0.2) is 36.5 Å². The Morgan fingerprint density at radius 3 is 2.95 bits per heavy atom. The number of para-hydroxylation sites is 1. The molecule has 1 aliphatic heterocycles. The first-order valence-corrected chi connectivity index (χ1v) is 7.81. The molecule has 3 rings (SSSR count). The molecule has 116 valence electrons. The summed E-state index contributed by atoms with van der Waals surface area (Å²) in [6, 6.07) is 10.5. The van der Waals surface area contributed by atoms with E-state index in [0.29, 0.717) is 5.95 Å². The molecule has 0 unspecified atom stereocenters. The summed E-state index contributed by atoms with van der Waals surface area (Å²) in [4.78, 5) is 13.4. The van der Waals surface area contributed by atoms with Crippen LogP contribution in [0.3, 0.4) is 0 Å². The summed E-state index contributed by atoms with van der Waals surface area (Å²) in [6.07, 6.45) is 3.98. The van der Waals surface area contributed by atoms with Crippen LogP contribution in [0.2, 0.25) is 0 Å². The minimum Gasteiger partial charge on any atom is -0.354 e. The van der Waals surface area contributed by atoms with Crippen LogP contribution in [0.1, 0.15) is 12.0 Å². The lowest BCUT2D eigenvalue weighted by molar-refractivity contribution is 0.405. The topological polar surface area (TPSA) is 44.3 Å². The monoisotopic (exact) mass is 297 g/mol. The van der Waals surface area contributed by atoms with Gasteiger partial charge in [0.05, 0.1) is 0 Å². The van der Waals surface area contributed by atoms with Crippen molar-refractivity contribution >= 4 is 17.5 Å². The summed E-state index contributed by atoms with van der Waals surface area (Å²) in [5.74, 6) is 1.68. The van der Waals surface area contributed by atoms with E-state index in [1.807, 2.05) is 12.3 Å². The molecule has 22 heavy (non-hydrogen) atoms. The van der Waals surface area contributed by atoms with Crippen molar-refractivity contribution in [3.05, 3.63) is 42.1 Å². The maximum Gasteiger partial charge on any atom is 0.224 e. The maximum absolute atomic E-state index is 4.66. The highest BCUT2D eigenvalue weighted by Gasteiger charge is 2.20. The van der Waals surface area contributed by atoms with Crippen LogP contribution in [0.5, 0.6) is 0 Å². The van der Waals surface area contributed by atoms with E-state index in [-0.39, 0.29) is 0 Å². The van der Waals surface area contributed by atoms with Gasteiger partial charge in [0.15, 0.2) is 0 Å². The van der Waals surface area contributed by atoms with E-state index in [2.05, 4.69) is 63.4 Å². The molecule has 0 radical (unpaired) electrons. The van der Waals surface area contributed by atoms with Gasteiger partial charge in [0.2, 0.25) is 5.95 Å². The molecule has 1 aromatic heterocycles. The van der Waals surface area contributed by atoms with Crippen LogP contribution in [0.25, 0.3) is 0 Å². The van der Waals surface area contributed by atoms with Gasteiger partial charge >= 0.3 is 0 Å². The highest BCUT2D eigenvalue weighted by Crippen LogP contribution is 2.33. The largest absolute Gasteiger partial charge is 0.354 e. The average Bonchev–Trinajstić information content (AvgIpc) is 2.96. The minimum atomic E-state index is 0.709. The second-order valence-electron chi connectivity index (χ2n) is 5.85. The SMILES string of the molecule is CN(C)CCCNc1nccc(N2CCc3ccccc32)n1. The Morgan fingerprint density at radius 2 is 2.09 bits per heavy atom. The number of aromatic nitrogens is 2. The molecule has 0 aliphatic carbocycles. The minimum absolute atomic E-state index is 0.709. The summed E-state index contributed by atoms with van der Waals surface area (Å²) in [5.41, 5.74) is 2.65. The summed E-state index contributed by atoms with van der Waals surface area (Å²) in [7, 11) is 4.17. The molecule has 2 aromatic rings. The van der Waals surface area contributed by atoms with Crippen LogP contribution < -0.4 is 10.2 Å². The van der Waals surface area contributed by atoms with Gasteiger partial charge in [-0.3, -0.25) is 0 Å². The highest BCUT2D eigenvalue weighted by molar-refractivity contribution is 5.67. The van der Waals surface area contributed by atoms with Gasteiger partial charge in [-0.2, -0.15) is 4.98 Å². The summed E-state index contributed by atoms with van der Waals surface area (Å²) >= 11 is 0. The third-order valence-corrected chi connectivity index (χ3v) is 3.87. The lowest BCUT2D eigenvalue weighted by atomic mass is 10.2. The standard InChI is InChI=1S/C17H23N5/c1-21(2)12-5-10-18-17-19-11-8-16(20-17)22-13-9-14-6-3-4-7-15(14)22/h3-4,6-8,11H,5,9-10,12-13H2,1-2H3,(H,18,19,20). The Kier molecular flexibility index (Phi) is 4.53. The van der Waals surface area contributed by atoms with E-state index in [9.17, 15) is 0 Å². The number of nitrogens with zero attached hydrogens (tertiary/aromatic N) is 4. The molecule has 0 spiro atoms. The number of nitrogens with one attached hydrogen (secondary N) is 1. The van der Waals surface area contributed by atoms with Gasteiger partial charge in [-0.15, -0.1) is 0 Å². The van der Waals surface area contributed by atoms with Crippen molar-refractivity contribution in [3.8, 4) is 0 Å². The van der Waals surface area contributed by atoms with E-state index in [4.69, 9.17) is 0 Å². The van der Waals surface area contributed by atoms with E-state index >= 15 is 0 Å². The molecular weight excluding hydrogens is 274 g/mol. The predicted octanol–water partition coefficient (Wildman–Crippen LogP) is 2.53. The fourth-order valence-electron chi connectivity index (χ4n) is 2.76. The number of benzene rings is 1. The van der Waals surface area contributed by atoms with Crippen molar-refractivity contribution in [2.75, 3.05) is 43.9 Å². The molecular formula is C17H23N5. The summed E-state index contributed by atoms with van der Waals surface area (Å²) in [5, 5.41) is 3.31. The van der Waals surface area contributed by atoms with E-state index in [1.54, 1.807) is 0 Å². The number of hydrogen-bond acceptors (Lipinski definition) is 5. The number of hydrogen-bond donors (Lipinski definition) is 1. The van der Waals surface area contributed by atoms with Gasteiger partial charge in [-0.25, -0.2) is 4.98 Å². The second kappa shape index (κ2) is 6.75. The molecule has 1 N–H and O–H groups in total. The van der Waals surface area contributed by atoms with Crippen molar-refractivity contribution in [1.82, 2.24) is 14.9 Å². The zero-order valence-corrected chi connectivity index (χ0v) is 13.3. The van der Waals surface area contributed by atoms with Gasteiger partial charge in [-0.05, 0) is 51.2 Å². The van der Waals surface area contributed by atoms with Crippen LogP contribution in [0, 0.1) is 0 Å². The Morgan fingerprint density at radius 1 is 1.23 bits per heavy atom. The Bertz CT molecular complexity index is 626. The van der Waals surface area contributed by atoms with Crippen molar-refractivity contribution < 1.29 is 0 Å². The molecule has 0 amide bonds. The van der Waals surface area contributed by atoms with Gasteiger partial charge < -0.3 is 15.1 Å². The molecule has 0 saturated carbocycles. The average molecular weight is 297 g/mol. The van der Waals surface area contributed by atoms with Crippen LogP contribution in [-0.4, -0.2) is 48.6 Å². The zero-order chi connectivity index (χ0) is 15.4. The maximum atomic E-state index is 4.66. The predicted molar refractivity (Wildman–Crippen MR) is 90.8 cm³/mol. The smallest absolute Gasteiger partial charge is 0.224 e. The lowest BCUT2D eigenvalue weighted by Gasteiger charge is -2.18. The van der Waals surface area contributed by atoms with Crippen LogP contribution in [-0.2, 0) is 6.42 Å². The van der Waals surface area contributed by atoms with E-state index in [0.717, 1.165) is 38.3 Å². The molecule has 1 aliphatic rings. The first kappa shape index (κ1) is 14.8. The lowest BCUT2D eigenvalue weighted by Crippen LogP contribution is -2.18. The molecule has 0 atom stereocenters. The van der Waals surface area contributed by atoms with Crippen molar-refractivity contribution in [2.24, 2.45) is 0 Å². The number of rotatable bonds is 6. The van der Waals surface area contributed by atoms with E-state index < -0.39 is 0 Å².